The summed E-state index contributed by atoms with van der Waals surface area (Å²) in [5.41, 5.74) is 0. The van der Waals surface area contributed by atoms with Crippen molar-refractivity contribution in [2.45, 2.75) is 57.7 Å². The van der Waals surface area contributed by atoms with E-state index in [1.807, 2.05) is 0 Å². The molecular formula is C15H28N2O2S. The fourth-order valence-corrected chi connectivity index (χ4v) is 3.16. The molecular weight excluding hydrogens is 272 g/mol. The maximum absolute atomic E-state index is 5.95. The van der Waals surface area contributed by atoms with E-state index in [0.29, 0.717) is 23.2 Å². The molecule has 20 heavy (non-hydrogen) atoms. The highest BCUT2D eigenvalue weighted by molar-refractivity contribution is 7.80. The van der Waals surface area contributed by atoms with E-state index in [9.17, 15) is 0 Å². The van der Waals surface area contributed by atoms with Crippen molar-refractivity contribution >= 4 is 17.3 Å². The third-order valence-corrected chi connectivity index (χ3v) is 4.56. The molecule has 0 bridgehead atoms. The van der Waals surface area contributed by atoms with Gasteiger partial charge in [0.15, 0.2) is 5.11 Å². The first-order valence-corrected chi connectivity index (χ1v) is 8.41. The van der Waals surface area contributed by atoms with Crippen LogP contribution in [0.1, 0.15) is 45.4 Å². The van der Waals surface area contributed by atoms with Gasteiger partial charge in [-0.25, -0.2) is 0 Å². The molecule has 1 heterocycles. The van der Waals surface area contributed by atoms with E-state index >= 15 is 0 Å². The van der Waals surface area contributed by atoms with Gasteiger partial charge in [0.1, 0.15) is 0 Å². The Bertz CT molecular complexity index is 296. The smallest absolute Gasteiger partial charge is 0.166 e. The van der Waals surface area contributed by atoms with Crippen LogP contribution in [0.15, 0.2) is 0 Å². The monoisotopic (exact) mass is 300 g/mol. The number of hydrogen-bond donors (Lipinski definition) is 2. The molecule has 2 fully saturated rings. The Morgan fingerprint density at radius 2 is 2.05 bits per heavy atom. The van der Waals surface area contributed by atoms with Gasteiger partial charge in [-0.15, -0.1) is 0 Å². The van der Waals surface area contributed by atoms with Crippen LogP contribution < -0.4 is 10.6 Å². The summed E-state index contributed by atoms with van der Waals surface area (Å²) < 4.78 is 11.5. The topological polar surface area (TPSA) is 42.5 Å². The minimum Gasteiger partial charge on any atom is -0.376 e. The molecule has 0 spiro atoms. The van der Waals surface area contributed by atoms with Crippen LogP contribution in [0.4, 0.5) is 0 Å². The standard InChI is InChI=1S/C15H28N2O2S/c1-12-5-2-3-7-14(12)19-10-8-16-15(20)17-11-13-6-4-9-18-13/h12-14H,2-11H2,1H3,(H2,16,17,20)/t12-,13+,14-/m1/s1. The van der Waals surface area contributed by atoms with Crippen molar-refractivity contribution in [2.24, 2.45) is 5.92 Å². The van der Waals surface area contributed by atoms with Gasteiger partial charge in [0.2, 0.25) is 0 Å². The van der Waals surface area contributed by atoms with Crippen LogP contribution in [0.5, 0.6) is 0 Å². The van der Waals surface area contributed by atoms with Crippen LogP contribution in [-0.4, -0.2) is 43.6 Å². The maximum Gasteiger partial charge on any atom is 0.166 e. The van der Waals surface area contributed by atoms with Crippen molar-refractivity contribution in [1.29, 1.82) is 0 Å². The van der Waals surface area contributed by atoms with Gasteiger partial charge in [0.25, 0.3) is 0 Å². The Kier molecular flexibility index (Phi) is 7.03. The molecule has 0 radical (unpaired) electrons. The molecule has 1 aliphatic heterocycles. The highest BCUT2D eigenvalue weighted by atomic mass is 32.1. The largest absolute Gasteiger partial charge is 0.376 e. The normalized spacial score (nSPS) is 30.1. The number of hydrogen-bond acceptors (Lipinski definition) is 3. The number of rotatable bonds is 6. The Hall–Kier alpha value is -0.390. The van der Waals surface area contributed by atoms with Crippen molar-refractivity contribution in [2.75, 3.05) is 26.3 Å². The van der Waals surface area contributed by atoms with Gasteiger partial charge in [-0.05, 0) is 43.8 Å². The lowest BCUT2D eigenvalue weighted by Gasteiger charge is -2.28. The van der Waals surface area contributed by atoms with Gasteiger partial charge in [-0.3, -0.25) is 0 Å². The van der Waals surface area contributed by atoms with E-state index in [1.165, 1.54) is 32.1 Å². The quantitative estimate of drug-likeness (QED) is 0.582. The van der Waals surface area contributed by atoms with Gasteiger partial charge in [0, 0.05) is 19.7 Å². The molecule has 1 saturated heterocycles. The Morgan fingerprint density at radius 1 is 1.20 bits per heavy atom. The molecule has 2 N–H and O–H groups in total. The highest BCUT2D eigenvalue weighted by Crippen LogP contribution is 2.25. The molecule has 4 nitrogen and oxygen atoms in total. The van der Waals surface area contributed by atoms with Gasteiger partial charge >= 0.3 is 0 Å². The van der Waals surface area contributed by atoms with Gasteiger partial charge in [-0.2, -0.15) is 0 Å². The maximum atomic E-state index is 5.95. The molecule has 0 unspecified atom stereocenters. The molecule has 2 rings (SSSR count). The zero-order valence-corrected chi connectivity index (χ0v) is 13.3. The van der Waals surface area contributed by atoms with Crippen molar-refractivity contribution < 1.29 is 9.47 Å². The Morgan fingerprint density at radius 3 is 2.80 bits per heavy atom. The van der Waals surface area contributed by atoms with Crippen LogP contribution in [0, 0.1) is 5.92 Å². The lowest BCUT2D eigenvalue weighted by Crippen LogP contribution is -2.41. The summed E-state index contributed by atoms with van der Waals surface area (Å²) in [5.74, 6) is 0.702. The second-order valence-electron chi connectivity index (χ2n) is 5.94. The van der Waals surface area contributed by atoms with Gasteiger partial charge in [-0.1, -0.05) is 19.8 Å². The van der Waals surface area contributed by atoms with Crippen molar-refractivity contribution in [3.8, 4) is 0 Å². The molecule has 1 aliphatic carbocycles. The predicted molar refractivity (Wildman–Crippen MR) is 84.9 cm³/mol. The van der Waals surface area contributed by atoms with Crippen LogP contribution in [0.2, 0.25) is 0 Å². The molecule has 0 amide bonds. The second-order valence-corrected chi connectivity index (χ2v) is 6.35. The Labute approximate surface area is 128 Å². The number of thiocarbonyl (C=S) groups is 1. The molecule has 0 aromatic heterocycles. The van der Waals surface area contributed by atoms with Crippen LogP contribution in [-0.2, 0) is 9.47 Å². The van der Waals surface area contributed by atoms with E-state index < -0.39 is 0 Å². The zero-order valence-electron chi connectivity index (χ0n) is 12.5. The SMILES string of the molecule is C[C@@H]1CCCC[C@H]1OCCNC(=S)NC[C@@H]1CCCO1. The first-order valence-electron chi connectivity index (χ1n) is 8.00. The minimum absolute atomic E-state index is 0.328. The fraction of sp³-hybridized carbons (Fsp3) is 0.933. The minimum atomic E-state index is 0.328. The summed E-state index contributed by atoms with van der Waals surface area (Å²) in [7, 11) is 0. The van der Waals surface area contributed by atoms with E-state index in [0.717, 1.165) is 32.7 Å². The average Bonchev–Trinajstić information content (AvgIpc) is 2.96. The third kappa shape index (κ3) is 5.54. The summed E-state index contributed by atoms with van der Waals surface area (Å²) in [6, 6.07) is 0. The summed E-state index contributed by atoms with van der Waals surface area (Å²) in [6.45, 7) is 5.51. The summed E-state index contributed by atoms with van der Waals surface area (Å²) in [6.07, 6.45) is 8.26. The molecule has 116 valence electrons. The molecule has 3 atom stereocenters. The van der Waals surface area contributed by atoms with Crippen molar-refractivity contribution in [1.82, 2.24) is 10.6 Å². The van der Waals surface area contributed by atoms with Gasteiger partial charge in [0.05, 0.1) is 18.8 Å². The lowest BCUT2D eigenvalue weighted by atomic mass is 9.88. The Balaban J connectivity index is 1.48. The first kappa shape index (κ1) is 16.0. The molecule has 0 aromatic rings. The second kappa shape index (κ2) is 8.80. The highest BCUT2D eigenvalue weighted by Gasteiger charge is 2.21. The van der Waals surface area contributed by atoms with E-state index in [-0.39, 0.29) is 0 Å². The average molecular weight is 300 g/mol. The third-order valence-electron chi connectivity index (χ3n) is 4.27. The van der Waals surface area contributed by atoms with Crippen molar-refractivity contribution in [3.63, 3.8) is 0 Å². The summed E-state index contributed by atoms with van der Waals surface area (Å²) in [5, 5.41) is 7.12. The lowest BCUT2D eigenvalue weighted by molar-refractivity contribution is -0.00199. The van der Waals surface area contributed by atoms with Crippen LogP contribution in [0.3, 0.4) is 0 Å². The van der Waals surface area contributed by atoms with Crippen LogP contribution in [0.25, 0.3) is 0 Å². The summed E-state index contributed by atoms with van der Waals surface area (Å²) >= 11 is 5.25. The first-order chi connectivity index (χ1) is 9.75. The molecule has 0 aromatic carbocycles. The number of nitrogens with one attached hydrogen (secondary N) is 2. The van der Waals surface area contributed by atoms with Crippen LogP contribution >= 0.6 is 12.2 Å². The molecule has 5 heteroatoms. The van der Waals surface area contributed by atoms with Gasteiger partial charge < -0.3 is 20.1 Å². The predicted octanol–water partition coefficient (Wildman–Crippen LogP) is 2.22. The van der Waals surface area contributed by atoms with E-state index in [4.69, 9.17) is 21.7 Å². The summed E-state index contributed by atoms with van der Waals surface area (Å²) in [4.78, 5) is 0. The fourth-order valence-electron chi connectivity index (χ4n) is 2.98. The van der Waals surface area contributed by atoms with E-state index in [2.05, 4.69) is 17.6 Å². The molecule has 1 saturated carbocycles. The molecule has 2 aliphatic rings. The van der Waals surface area contributed by atoms with Crippen molar-refractivity contribution in [3.05, 3.63) is 0 Å². The van der Waals surface area contributed by atoms with E-state index in [1.54, 1.807) is 0 Å². The number of ether oxygens (including phenoxy) is 2. The zero-order chi connectivity index (χ0) is 14.2.